The Bertz CT molecular complexity index is 1250. The molecule has 0 aliphatic carbocycles. The number of benzene rings is 2. The number of rotatable bonds is 8. The van der Waals surface area contributed by atoms with E-state index >= 15 is 0 Å². The number of hydrogen-bond donors (Lipinski definition) is 1. The first-order valence-corrected chi connectivity index (χ1v) is 12.1. The standard InChI is InChI=1S/C27H26FN3O3S/c1-4-12-34-26(33)24-18(3)30-27-31(25(24)20-7-5-6-17(2)13-20)22(16-35-27)14-23(32)29-15-19-8-10-21(28)11-9-19/h4-11,13,16,25H,1,12,14-15H2,2-3H3,(H,29,32)/t25-/m1/s1. The van der Waals surface area contributed by atoms with Crippen molar-refractivity contribution in [3.8, 4) is 0 Å². The lowest BCUT2D eigenvalue weighted by Crippen LogP contribution is -2.38. The predicted molar refractivity (Wildman–Crippen MR) is 136 cm³/mol. The maximum Gasteiger partial charge on any atom is 0.338 e. The highest BCUT2D eigenvalue weighted by Crippen LogP contribution is 2.44. The van der Waals surface area contributed by atoms with Gasteiger partial charge in [-0.3, -0.25) is 4.79 Å². The summed E-state index contributed by atoms with van der Waals surface area (Å²) in [5.74, 6) is -0.973. The van der Waals surface area contributed by atoms with Gasteiger partial charge in [0.2, 0.25) is 5.91 Å². The number of fused-ring (bicyclic) bond motifs is 1. The Morgan fingerprint density at radius 3 is 2.71 bits per heavy atom. The predicted octanol–water partition coefficient (Wildman–Crippen LogP) is 5.14. The van der Waals surface area contributed by atoms with Gasteiger partial charge in [-0.05, 0) is 42.5 Å². The first kappa shape index (κ1) is 24.5. The summed E-state index contributed by atoms with van der Waals surface area (Å²) in [5.41, 5.74) is 4.51. The lowest BCUT2D eigenvalue weighted by Gasteiger charge is -2.36. The monoisotopic (exact) mass is 491 g/mol. The van der Waals surface area contributed by atoms with E-state index in [2.05, 4.69) is 16.9 Å². The van der Waals surface area contributed by atoms with Crippen molar-refractivity contribution in [3.05, 3.63) is 106 Å². The Morgan fingerprint density at radius 1 is 1.23 bits per heavy atom. The molecule has 4 rings (SSSR count). The van der Waals surface area contributed by atoms with E-state index in [0.29, 0.717) is 23.0 Å². The van der Waals surface area contributed by atoms with Crippen molar-refractivity contribution in [2.45, 2.75) is 32.9 Å². The van der Waals surface area contributed by atoms with Crippen molar-refractivity contribution in [1.29, 1.82) is 0 Å². The van der Waals surface area contributed by atoms with Crippen LogP contribution in [0.1, 0.15) is 36.1 Å². The number of aliphatic imine (C=N–C) groups is 1. The Labute approximate surface area is 208 Å². The highest BCUT2D eigenvalue weighted by Gasteiger charge is 2.41. The molecular weight excluding hydrogens is 465 g/mol. The van der Waals surface area contributed by atoms with Crippen molar-refractivity contribution in [2.75, 3.05) is 6.61 Å². The summed E-state index contributed by atoms with van der Waals surface area (Å²) in [4.78, 5) is 32.5. The summed E-state index contributed by atoms with van der Waals surface area (Å²) in [6.45, 7) is 7.79. The molecular formula is C27H26FN3O3S. The molecule has 0 saturated carbocycles. The summed E-state index contributed by atoms with van der Waals surface area (Å²) in [6.07, 6.45) is 1.62. The number of halogens is 1. The fourth-order valence-corrected chi connectivity index (χ4v) is 4.99. The second-order valence-corrected chi connectivity index (χ2v) is 9.11. The van der Waals surface area contributed by atoms with Crippen LogP contribution in [0.2, 0.25) is 0 Å². The van der Waals surface area contributed by atoms with Crippen molar-refractivity contribution in [3.63, 3.8) is 0 Å². The van der Waals surface area contributed by atoms with Gasteiger partial charge in [0.25, 0.3) is 0 Å². The molecule has 1 N–H and O–H groups in total. The van der Waals surface area contributed by atoms with Gasteiger partial charge in [0.05, 0.1) is 23.7 Å². The second kappa shape index (κ2) is 10.7. The van der Waals surface area contributed by atoms with Crippen molar-refractivity contribution < 1.29 is 18.7 Å². The molecule has 8 heteroatoms. The normalized spacial score (nSPS) is 16.9. The summed E-state index contributed by atoms with van der Waals surface area (Å²) in [7, 11) is 0. The number of carbonyl (C=O) groups excluding carboxylic acids is 2. The third-order valence-electron chi connectivity index (χ3n) is 5.66. The molecule has 0 radical (unpaired) electrons. The lowest BCUT2D eigenvalue weighted by atomic mass is 9.93. The molecule has 1 amide bonds. The van der Waals surface area contributed by atoms with Gasteiger partial charge < -0.3 is 15.0 Å². The van der Waals surface area contributed by atoms with Gasteiger partial charge in [0, 0.05) is 12.2 Å². The van der Waals surface area contributed by atoms with E-state index in [9.17, 15) is 14.0 Å². The number of carbonyl (C=O) groups is 2. The first-order valence-electron chi connectivity index (χ1n) is 11.2. The Balaban J connectivity index is 1.59. The van der Waals surface area contributed by atoms with Gasteiger partial charge in [-0.1, -0.05) is 66.4 Å². The Morgan fingerprint density at radius 2 is 2.00 bits per heavy atom. The smallest absolute Gasteiger partial charge is 0.338 e. The molecule has 6 nitrogen and oxygen atoms in total. The summed E-state index contributed by atoms with van der Waals surface area (Å²) >= 11 is 1.42. The molecule has 2 aliphatic rings. The zero-order chi connectivity index (χ0) is 24.9. The second-order valence-electron chi connectivity index (χ2n) is 8.27. The summed E-state index contributed by atoms with van der Waals surface area (Å²) in [6, 6.07) is 13.4. The number of nitrogens with one attached hydrogen (secondary N) is 1. The lowest BCUT2D eigenvalue weighted by molar-refractivity contribution is -0.138. The van der Waals surface area contributed by atoms with Crippen LogP contribution in [0.15, 0.2) is 88.6 Å². The average molecular weight is 492 g/mol. The molecule has 0 fully saturated rings. The Kier molecular flexibility index (Phi) is 7.51. The molecule has 1 atom stereocenters. The van der Waals surface area contributed by atoms with Gasteiger partial charge in [-0.25, -0.2) is 14.2 Å². The molecule has 0 aromatic heterocycles. The van der Waals surface area contributed by atoms with Gasteiger partial charge in [-0.2, -0.15) is 0 Å². The number of esters is 1. The third kappa shape index (κ3) is 5.54. The molecule has 0 bridgehead atoms. The molecule has 0 spiro atoms. The van der Waals surface area contributed by atoms with Crippen LogP contribution < -0.4 is 5.32 Å². The number of ether oxygens (including phenoxy) is 1. The number of aryl methyl sites for hydroxylation is 1. The molecule has 2 aromatic rings. The van der Waals surface area contributed by atoms with Crippen LogP contribution in [0.25, 0.3) is 0 Å². The minimum absolute atomic E-state index is 0.0932. The number of nitrogens with zero attached hydrogens (tertiary/aromatic N) is 2. The SMILES string of the molecule is C=CCOC(=O)C1=C(C)N=C2SC=C(CC(=O)NCc3ccc(F)cc3)N2[C@@H]1c1cccc(C)c1. The van der Waals surface area contributed by atoms with Gasteiger partial charge in [0.15, 0.2) is 5.17 Å². The fraction of sp³-hybridized carbons (Fsp3) is 0.222. The van der Waals surface area contributed by atoms with Crippen molar-refractivity contribution in [1.82, 2.24) is 10.2 Å². The van der Waals surface area contributed by atoms with Crippen LogP contribution in [0.4, 0.5) is 4.39 Å². The number of allylic oxidation sites excluding steroid dienone is 1. The van der Waals surface area contributed by atoms with E-state index in [-0.39, 0.29) is 24.8 Å². The molecule has 2 aliphatic heterocycles. The fourth-order valence-electron chi connectivity index (χ4n) is 4.03. The minimum Gasteiger partial charge on any atom is -0.458 e. The summed E-state index contributed by atoms with van der Waals surface area (Å²) in [5, 5.41) is 5.48. The largest absolute Gasteiger partial charge is 0.458 e. The third-order valence-corrected chi connectivity index (χ3v) is 6.54. The highest BCUT2D eigenvalue weighted by atomic mass is 32.2. The molecule has 35 heavy (non-hydrogen) atoms. The van der Waals surface area contributed by atoms with Crippen LogP contribution in [-0.4, -0.2) is 28.6 Å². The molecule has 0 unspecified atom stereocenters. The zero-order valence-corrected chi connectivity index (χ0v) is 20.4. The highest BCUT2D eigenvalue weighted by molar-refractivity contribution is 8.16. The quantitative estimate of drug-likeness (QED) is 0.409. The number of amidine groups is 1. The first-order chi connectivity index (χ1) is 16.9. The van der Waals surface area contributed by atoms with Gasteiger partial charge in [0.1, 0.15) is 12.4 Å². The number of hydrogen-bond acceptors (Lipinski definition) is 6. The van der Waals surface area contributed by atoms with Crippen LogP contribution in [0.3, 0.4) is 0 Å². The molecule has 2 aromatic carbocycles. The van der Waals surface area contributed by atoms with E-state index in [1.54, 1.807) is 19.1 Å². The Hall–Kier alpha value is -3.65. The summed E-state index contributed by atoms with van der Waals surface area (Å²) < 4.78 is 18.5. The van der Waals surface area contributed by atoms with Crippen molar-refractivity contribution >= 4 is 28.8 Å². The maximum absolute atomic E-state index is 13.1. The molecule has 0 saturated heterocycles. The van der Waals surface area contributed by atoms with Crippen molar-refractivity contribution in [2.24, 2.45) is 4.99 Å². The van der Waals surface area contributed by atoms with Crippen LogP contribution in [0, 0.1) is 12.7 Å². The van der Waals surface area contributed by atoms with Gasteiger partial charge in [-0.15, -0.1) is 0 Å². The van der Waals surface area contributed by atoms with Gasteiger partial charge >= 0.3 is 5.97 Å². The zero-order valence-electron chi connectivity index (χ0n) is 19.6. The molecule has 2 heterocycles. The minimum atomic E-state index is -0.481. The van der Waals surface area contributed by atoms with E-state index in [4.69, 9.17) is 4.74 Å². The van der Waals surface area contributed by atoms with Crippen LogP contribution >= 0.6 is 11.8 Å². The van der Waals surface area contributed by atoms with Crippen LogP contribution in [0.5, 0.6) is 0 Å². The topological polar surface area (TPSA) is 71.0 Å². The molecule has 180 valence electrons. The van der Waals surface area contributed by atoms with E-state index in [1.807, 2.05) is 41.5 Å². The average Bonchev–Trinajstić information content (AvgIpc) is 3.23. The van der Waals surface area contributed by atoms with E-state index in [1.165, 1.54) is 30.0 Å². The maximum atomic E-state index is 13.1. The van der Waals surface area contributed by atoms with Crippen LogP contribution in [-0.2, 0) is 20.9 Å². The number of amides is 1. The van der Waals surface area contributed by atoms with E-state index < -0.39 is 12.0 Å². The number of thioether (sulfide) groups is 1. The van der Waals surface area contributed by atoms with E-state index in [0.717, 1.165) is 22.4 Å².